The predicted molar refractivity (Wildman–Crippen MR) is 127 cm³/mol. The second kappa shape index (κ2) is 9.32. The normalized spacial score (nSPS) is 15.1. The number of fused-ring (bicyclic) bond motifs is 1. The van der Waals surface area contributed by atoms with Crippen LogP contribution in [0.1, 0.15) is 17.5 Å². The van der Waals surface area contributed by atoms with Gasteiger partial charge in [0, 0.05) is 12.1 Å². The SMILES string of the molecule is O=C(O)CCN1C(=O)/C(=C\c2c(OCc3ccccc3)ccc3ccccc23)SC1=S. The van der Waals surface area contributed by atoms with Crippen molar-refractivity contribution in [2.75, 3.05) is 6.54 Å². The van der Waals surface area contributed by atoms with Gasteiger partial charge in [0.1, 0.15) is 16.7 Å². The molecule has 1 heterocycles. The van der Waals surface area contributed by atoms with Crippen LogP contribution in [0.15, 0.2) is 71.6 Å². The zero-order chi connectivity index (χ0) is 21.8. The van der Waals surface area contributed by atoms with Gasteiger partial charge in [0.25, 0.3) is 5.91 Å². The van der Waals surface area contributed by atoms with Crippen LogP contribution in [0.25, 0.3) is 16.8 Å². The van der Waals surface area contributed by atoms with Crippen molar-refractivity contribution in [2.24, 2.45) is 0 Å². The van der Waals surface area contributed by atoms with Crippen LogP contribution in [0.3, 0.4) is 0 Å². The van der Waals surface area contributed by atoms with Gasteiger partial charge in [0.2, 0.25) is 0 Å². The lowest BCUT2D eigenvalue weighted by Crippen LogP contribution is -2.30. The van der Waals surface area contributed by atoms with Gasteiger partial charge >= 0.3 is 5.97 Å². The Hall–Kier alpha value is -3.16. The van der Waals surface area contributed by atoms with Crippen molar-refractivity contribution in [3.8, 4) is 5.75 Å². The highest BCUT2D eigenvalue weighted by atomic mass is 32.2. The lowest BCUT2D eigenvalue weighted by molar-refractivity contribution is -0.137. The Morgan fingerprint density at radius 3 is 2.58 bits per heavy atom. The predicted octanol–water partition coefficient (Wildman–Crippen LogP) is 5.09. The highest BCUT2D eigenvalue weighted by Gasteiger charge is 2.32. The van der Waals surface area contributed by atoms with Crippen LogP contribution in [0.2, 0.25) is 0 Å². The van der Waals surface area contributed by atoms with E-state index < -0.39 is 5.97 Å². The van der Waals surface area contributed by atoms with Crippen LogP contribution in [0.5, 0.6) is 5.75 Å². The van der Waals surface area contributed by atoms with Gasteiger partial charge in [-0.05, 0) is 28.5 Å². The first-order chi connectivity index (χ1) is 15.0. The summed E-state index contributed by atoms with van der Waals surface area (Å²) in [5.74, 6) is -0.583. The van der Waals surface area contributed by atoms with Gasteiger partial charge in [-0.1, -0.05) is 84.6 Å². The summed E-state index contributed by atoms with van der Waals surface area (Å²) in [5.41, 5.74) is 1.84. The van der Waals surface area contributed by atoms with Crippen molar-refractivity contribution < 1.29 is 19.4 Å². The Morgan fingerprint density at radius 1 is 1.06 bits per heavy atom. The fraction of sp³-hybridized carbons (Fsp3) is 0.125. The molecule has 0 radical (unpaired) electrons. The summed E-state index contributed by atoms with van der Waals surface area (Å²) in [6.07, 6.45) is 1.64. The van der Waals surface area contributed by atoms with Crippen LogP contribution in [0, 0.1) is 0 Å². The fourth-order valence-electron chi connectivity index (χ4n) is 3.32. The lowest BCUT2D eigenvalue weighted by atomic mass is 10.0. The van der Waals surface area contributed by atoms with Gasteiger partial charge in [-0.2, -0.15) is 0 Å². The maximum Gasteiger partial charge on any atom is 0.305 e. The number of amides is 1. The molecule has 1 aliphatic rings. The third-order valence-electron chi connectivity index (χ3n) is 4.87. The van der Waals surface area contributed by atoms with E-state index in [2.05, 4.69) is 0 Å². The zero-order valence-electron chi connectivity index (χ0n) is 16.5. The van der Waals surface area contributed by atoms with Gasteiger partial charge in [-0.25, -0.2) is 0 Å². The van der Waals surface area contributed by atoms with Gasteiger partial charge in [-0.15, -0.1) is 0 Å². The number of thiocarbonyl (C=S) groups is 1. The van der Waals surface area contributed by atoms with Crippen LogP contribution >= 0.6 is 24.0 Å². The Kier molecular flexibility index (Phi) is 6.34. The lowest BCUT2D eigenvalue weighted by Gasteiger charge is -2.13. The highest BCUT2D eigenvalue weighted by Crippen LogP contribution is 2.37. The number of carbonyl (C=O) groups excluding carboxylic acids is 1. The van der Waals surface area contributed by atoms with Crippen LogP contribution < -0.4 is 4.74 Å². The minimum Gasteiger partial charge on any atom is -0.488 e. The number of carbonyl (C=O) groups is 2. The average Bonchev–Trinajstić information content (AvgIpc) is 3.04. The number of nitrogens with zero attached hydrogens (tertiary/aromatic N) is 1. The zero-order valence-corrected chi connectivity index (χ0v) is 18.1. The molecule has 1 N–H and O–H groups in total. The molecule has 31 heavy (non-hydrogen) atoms. The molecule has 156 valence electrons. The maximum atomic E-state index is 12.9. The minimum atomic E-state index is -0.969. The number of benzene rings is 3. The monoisotopic (exact) mass is 449 g/mol. The first kappa shape index (κ1) is 21.1. The van der Waals surface area contributed by atoms with Gasteiger partial charge < -0.3 is 9.84 Å². The van der Waals surface area contributed by atoms with Crippen LogP contribution in [-0.2, 0) is 16.2 Å². The molecule has 1 aliphatic heterocycles. The summed E-state index contributed by atoms with van der Waals surface area (Å²) in [6, 6.07) is 21.7. The molecule has 3 aromatic carbocycles. The third-order valence-corrected chi connectivity index (χ3v) is 6.24. The number of ether oxygens (including phenoxy) is 1. The molecule has 0 aromatic heterocycles. The number of hydrogen-bond acceptors (Lipinski definition) is 5. The summed E-state index contributed by atoms with van der Waals surface area (Å²) in [6.45, 7) is 0.462. The smallest absolute Gasteiger partial charge is 0.305 e. The molecule has 1 fully saturated rings. The number of carboxylic acid groups (broad SMARTS) is 1. The van der Waals surface area contributed by atoms with Gasteiger partial charge in [0.15, 0.2) is 0 Å². The average molecular weight is 450 g/mol. The first-order valence-electron chi connectivity index (χ1n) is 9.68. The van der Waals surface area contributed by atoms with E-state index in [1.807, 2.05) is 66.7 Å². The Morgan fingerprint density at radius 2 is 1.81 bits per heavy atom. The van der Waals surface area contributed by atoms with E-state index in [0.29, 0.717) is 21.6 Å². The number of aliphatic carboxylic acids is 1. The van der Waals surface area contributed by atoms with E-state index in [4.69, 9.17) is 22.1 Å². The molecule has 0 aliphatic carbocycles. The molecular formula is C24H19NO4S2. The van der Waals surface area contributed by atoms with E-state index in [0.717, 1.165) is 21.9 Å². The highest BCUT2D eigenvalue weighted by molar-refractivity contribution is 8.26. The quantitative estimate of drug-likeness (QED) is 0.400. The molecule has 5 nitrogen and oxygen atoms in total. The van der Waals surface area contributed by atoms with E-state index in [-0.39, 0.29) is 18.9 Å². The van der Waals surface area contributed by atoms with Gasteiger partial charge in [0.05, 0.1) is 11.3 Å². The second-order valence-corrected chi connectivity index (χ2v) is 8.63. The largest absolute Gasteiger partial charge is 0.488 e. The number of carboxylic acids is 1. The molecule has 0 saturated carbocycles. The maximum absolute atomic E-state index is 12.9. The minimum absolute atomic E-state index is 0.0598. The molecule has 1 saturated heterocycles. The molecule has 7 heteroatoms. The molecule has 3 aromatic rings. The summed E-state index contributed by atoms with van der Waals surface area (Å²) >= 11 is 6.49. The Labute approximate surface area is 189 Å². The van der Waals surface area contributed by atoms with Crippen molar-refractivity contribution in [1.29, 1.82) is 0 Å². The summed E-state index contributed by atoms with van der Waals surface area (Å²) in [4.78, 5) is 25.6. The second-order valence-electron chi connectivity index (χ2n) is 6.95. The summed E-state index contributed by atoms with van der Waals surface area (Å²) in [7, 11) is 0. The third kappa shape index (κ3) is 4.78. The van der Waals surface area contributed by atoms with E-state index in [9.17, 15) is 9.59 Å². The molecule has 1 amide bonds. The molecule has 0 atom stereocenters. The number of hydrogen-bond donors (Lipinski definition) is 1. The van der Waals surface area contributed by atoms with Crippen molar-refractivity contribution in [1.82, 2.24) is 4.90 Å². The van der Waals surface area contributed by atoms with E-state index in [1.54, 1.807) is 6.08 Å². The fourth-order valence-corrected chi connectivity index (χ4v) is 4.61. The topological polar surface area (TPSA) is 66.8 Å². The molecule has 4 rings (SSSR count). The summed E-state index contributed by atoms with van der Waals surface area (Å²) in [5, 5.41) is 10.9. The first-order valence-corrected chi connectivity index (χ1v) is 10.9. The Bertz CT molecular complexity index is 1190. The van der Waals surface area contributed by atoms with E-state index >= 15 is 0 Å². The molecule has 0 unspecified atom stereocenters. The molecule has 0 bridgehead atoms. The van der Waals surface area contributed by atoms with Crippen molar-refractivity contribution in [2.45, 2.75) is 13.0 Å². The van der Waals surface area contributed by atoms with Crippen LogP contribution in [0.4, 0.5) is 0 Å². The van der Waals surface area contributed by atoms with Crippen molar-refractivity contribution >= 4 is 57.0 Å². The number of rotatable bonds is 7. The standard InChI is InChI=1S/C24H19NO4S2/c26-22(27)12-13-25-23(28)21(31-24(25)30)14-19-18-9-5-4-8-17(18)10-11-20(19)29-15-16-6-2-1-3-7-16/h1-11,14H,12-13,15H2,(H,26,27)/b21-14+. The summed E-state index contributed by atoms with van der Waals surface area (Å²) < 4.78 is 6.49. The number of thioether (sulfide) groups is 1. The van der Waals surface area contributed by atoms with Crippen molar-refractivity contribution in [3.63, 3.8) is 0 Å². The van der Waals surface area contributed by atoms with Gasteiger partial charge in [-0.3, -0.25) is 14.5 Å². The Balaban J connectivity index is 1.69. The van der Waals surface area contributed by atoms with Crippen LogP contribution in [-0.4, -0.2) is 32.7 Å². The van der Waals surface area contributed by atoms with Crippen molar-refractivity contribution in [3.05, 3.63) is 82.8 Å². The van der Waals surface area contributed by atoms with E-state index in [1.165, 1.54) is 16.7 Å². The molecular weight excluding hydrogens is 430 g/mol. The molecule has 0 spiro atoms.